The van der Waals surface area contributed by atoms with Crippen molar-refractivity contribution in [3.05, 3.63) is 0 Å². The SMILES string of the molecule is COC(=O)C(N)CSSC[C@H](NC(=O)C(CCC(C)CC(C)(C)C)C(C)CC(C)(C)C)C(=O)OC. The molecular formula is C26H50N2O5S2. The second kappa shape index (κ2) is 16.0. The summed E-state index contributed by atoms with van der Waals surface area (Å²) in [6.07, 6.45) is 3.76. The number of nitrogens with one attached hydrogen (secondary N) is 1. The van der Waals surface area contributed by atoms with Gasteiger partial charge >= 0.3 is 11.9 Å². The van der Waals surface area contributed by atoms with Crippen molar-refractivity contribution in [3.63, 3.8) is 0 Å². The molecule has 0 radical (unpaired) electrons. The first kappa shape index (κ1) is 34.1. The van der Waals surface area contributed by atoms with Crippen molar-refractivity contribution >= 4 is 39.4 Å². The second-order valence-corrected chi connectivity index (χ2v) is 14.6. The van der Waals surface area contributed by atoms with E-state index in [9.17, 15) is 14.4 Å². The summed E-state index contributed by atoms with van der Waals surface area (Å²) in [6.45, 7) is 17.7. The zero-order chi connectivity index (χ0) is 27.4. The van der Waals surface area contributed by atoms with Gasteiger partial charge in [0.1, 0.15) is 12.1 Å². The van der Waals surface area contributed by atoms with E-state index in [2.05, 4.69) is 65.4 Å². The minimum absolute atomic E-state index is 0.0988. The minimum atomic E-state index is -0.768. The molecule has 7 nitrogen and oxygen atoms in total. The lowest BCUT2D eigenvalue weighted by Gasteiger charge is -2.31. The van der Waals surface area contributed by atoms with Crippen molar-refractivity contribution < 1.29 is 23.9 Å². The highest BCUT2D eigenvalue weighted by Gasteiger charge is 2.32. The van der Waals surface area contributed by atoms with Crippen molar-refractivity contribution in [2.45, 2.75) is 93.2 Å². The Kier molecular flexibility index (Phi) is 15.6. The molecule has 5 atom stereocenters. The topological polar surface area (TPSA) is 108 Å². The van der Waals surface area contributed by atoms with Crippen molar-refractivity contribution in [1.82, 2.24) is 5.32 Å². The highest BCUT2D eigenvalue weighted by atomic mass is 33.1. The molecule has 0 saturated heterocycles. The molecule has 0 aliphatic carbocycles. The van der Waals surface area contributed by atoms with Gasteiger partial charge in [-0.2, -0.15) is 0 Å². The average Bonchev–Trinajstić information content (AvgIpc) is 2.71. The summed E-state index contributed by atoms with van der Waals surface area (Å²) in [7, 11) is 5.35. The number of ether oxygens (including phenoxy) is 2. The maximum Gasteiger partial charge on any atom is 0.329 e. The molecular weight excluding hydrogens is 484 g/mol. The minimum Gasteiger partial charge on any atom is -0.468 e. The molecule has 9 heteroatoms. The number of hydrogen-bond acceptors (Lipinski definition) is 8. The van der Waals surface area contributed by atoms with E-state index in [1.807, 2.05) is 0 Å². The van der Waals surface area contributed by atoms with Gasteiger partial charge in [-0.15, -0.1) is 0 Å². The van der Waals surface area contributed by atoms with Crippen LogP contribution in [-0.4, -0.2) is 55.7 Å². The van der Waals surface area contributed by atoms with E-state index in [0.717, 1.165) is 25.7 Å². The molecule has 0 aromatic rings. The molecule has 0 bridgehead atoms. The summed E-state index contributed by atoms with van der Waals surface area (Å²) in [4.78, 5) is 37.3. The lowest BCUT2D eigenvalue weighted by molar-refractivity contribution is -0.145. The second-order valence-electron chi connectivity index (χ2n) is 12.1. The van der Waals surface area contributed by atoms with Gasteiger partial charge in [0, 0.05) is 17.4 Å². The van der Waals surface area contributed by atoms with Crippen LogP contribution in [0, 0.1) is 28.6 Å². The number of rotatable bonds is 15. The van der Waals surface area contributed by atoms with Gasteiger partial charge in [-0.05, 0) is 48.3 Å². The van der Waals surface area contributed by atoms with Gasteiger partial charge in [-0.3, -0.25) is 9.59 Å². The first-order valence-electron chi connectivity index (χ1n) is 12.5. The molecule has 0 spiro atoms. The zero-order valence-electron chi connectivity index (χ0n) is 23.6. The fourth-order valence-electron chi connectivity index (χ4n) is 4.44. The van der Waals surface area contributed by atoms with Crippen molar-refractivity contribution in [2.75, 3.05) is 25.7 Å². The summed E-state index contributed by atoms with van der Waals surface area (Å²) in [6, 6.07) is -1.50. The molecule has 35 heavy (non-hydrogen) atoms. The third kappa shape index (κ3) is 15.7. The molecule has 0 aromatic carbocycles. The normalized spacial score (nSPS) is 16.5. The molecule has 1 amide bonds. The van der Waals surface area contributed by atoms with E-state index in [1.165, 1.54) is 35.8 Å². The Bertz CT molecular complexity index is 661. The van der Waals surface area contributed by atoms with Gasteiger partial charge in [-0.1, -0.05) is 77.0 Å². The number of carbonyl (C=O) groups excluding carboxylic acids is 3. The highest BCUT2D eigenvalue weighted by molar-refractivity contribution is 8.76. The smallest absolute Gasteiger partial charge is 0.329 e. The van der Waals surface area contributed by atoms with E-state index >= 15 is 0 Å². The maximum atomic E-state index is 13.5. The number of amides is 1. The first-order valence-corrected chi connectivity index (χ1v) is 15.0. The van der Waals surface area contributed by atoms with Gasteiger partial charge < -0.3 is 20.5 Å². The summed E-state index contributed by atoms with van der Waals surface area (Å²) in [5.41, 5.74) is 6.10. The van der Waals surface area contributed by atoms with Crippen molar-refractivity contribution in [3.8, 4) is 0 Å². The maximum absolute atomic E-state index is 13.5. The summed E-state index contributed by atoms with van der Waals surface area (Å²) in [5, 5.41) is 2.96. The molecule has 4 unspecified atom stereocenters. The largest absolute Gasteiger partial charge is 0.468 e. The number of nitrogens with two attached hydrogens (primary N) is 1. The molecule has 0 aliphatic heterocycles. The third-order valence-electron chi connectivity index (χ3n) is 5.76. The molecule has 0 aromatic heterocycles. The fraction of sp³-hybridized carbons (Fsp3) is 0.885. The van der Waals surface area contributed by atoms with E-state index < -0.39 is 24.0 Å². The van der Waals surface area contributed by atoms with Gasteiger partial charge in [0.15, 0.2) is 0 Å². The average molecular weight is 535 g/mol. The van der Waals surface area contributed by atoms with Gasteiger partial charge in [0.25, 0.3) is 0 Å². The summed E-state index contributed by atoms with van der Waals surface area (Å²) >= 11 is 0. The fourth-order valence-corrected chi connectivity index (χ4v) is 6.70. The van der Waals surface area contributed by atoms with E-state index in [-0.39, 0.29) is 28.6 Å². The van der Waals surface area contributed by atoms with E-state index in [0.29, 0.717) is 17.4 Å². The van der Waals surface area contributed by atoms with Crippen LogP contribution in [0.5, 0.6) is 0 Å². The Morgan fingerprint density at radius 2 is 1.34 bits per heavy atom. The number of hydrogen-bond donors (Lipinski definition) is 2. The first-order chi connectivity index (χ1) is 16.0. The molecule has 0 saturated carbocycles. The number of methoxy groups -OCH3 is 2. The van der Waals surface area contributed by atoms with Crippen LogP contribution in [0.1, 0.15) is 81.1 Å². The van der Waals surface area contributed by atoms with Crippen LogP contribution in [-0.2, 0) is 23.9 Å². The Labute approximate surface area is 221 Å². The van der Waals surface area contributed by atoms with Crippen LogP contribution < -0.4 is 11.1 Å². The molecule has 0 fully saturated rings. The zero-order valence-corrected chi connectivity index (χ0v) is 25.2. The van der Waals surface area contributed by atoms with Crippen LogP contribution in [0.2, 0.25) is 0 Å². The molecule has 0 heterocycles. The Morgan fingerprint density at radius 1 is 0.829 bits per heavy atom. The predicted octanol–water partition coefficient (Wildman–Crippen LogP) is 5.07. The standard InChI is InChI=1S/C26H50N2O5S2/c1-17(13-25(3,4)5)11-12-19(18(2)14-26(6,7)8)22(29)28-21(24(31)33-10)16-35-34-15-20(27)23(30)32-9/h17-21H,11-16,27H2,1-10H3,(H,28,29)/t17?,18?,19?,20?,21-/m0/s1. The number of esters is 2. The predicted molar refractivity (Wildman–Crippen MR) is 148 cm³/mol. The van der Waals surface area contributed by atoms with Crippen LogP contribution in [0.25, 0.3) is 0 Å². The van der Waals surface area contributed by atoms with Gasteiger partial charge in [0.05, 0.1) is 14.2 Å². The van der Waals surface area contributed by atoms with Crippen molar-refractivity contribution in [2.24, 2.45) is 34.3 Å². The van der Waals surface area contributed by atoms with E-state index in [4.69, 9.17) is 10.5 Å². The van der Waals surface area contributed by atoms with Crippen molar-refractivity contribution in [1.29, 1.82) is 0 Å². The van der Waals surface area contributed by atoms with Gasteiger partial charge in [-0.25, -0.2) is 4.79 Å². The van der Waals surface area contributed by atoms with Crippen LogP contribution in [0.3, 0.4) is 0 Å². The Morgan fingerprint density at radius 3 is 1.83 bits per heavy atom. The summed E-state index contributed by atoms with van der Waals surface area (Å²) < 4.78 is 9.58. The molecule has 206 valence electrons. The quantitative estimate of drug-likeness (QED) is 0.170. The monoisotopic (exact) mass is 534 g/mol. The summed E-state index contributed by atoms with van der Waals surface area (Å²) in [5.74, 6) is 0.101. The Balaban J connectivity index is 5.28. The van der Waals surface area contributed by atoms with Crippen LogP contribution in [0.4, 0.5) is 0 Å². The number of carbonyl (C=O) groups is 3. The molecule has 0 aliphatic rings. The van der Waals surface area contributed by atoms with Crippen LogP contribution >= 0.6 is 21.6 Å². The van der Waals surface area contributed by atoms with Crippen LogP contribution in [0.15, 0.2) is 0 Å². The van der Waals surface area contributed by atoms with E-state index in [1.54, 1.807) is 0 Å². The lowest BCUT2D eigenvalue weighted by Crippen LogP contribution is -2.47. The lowest BCUT2D eigenvalue weighted by atomic mass is 9.76. The molecule has 0 rings (SSSR count). The third-order valence-corrected chi connectivity index (χ3v) is 8.21. The Hall–Kier alpha value is -0.930. The highest BCUT2D eigenvalue weighted by Crippen LogP contribution is 2.34. The molecule has 3 N–H and O–H groups in total. The van der Waals surface area contributed by atoms with Gasteiger partial charge in [0.2, 0.25) is 5.91 Å².